The number of pyridine rings is 1. The Labute approximate surface area is 103 Å². The van der Waals surface area contributed by atoms with Gasteiger partial charge < -0.3 is 9.84 Å². The van der Waals surface area contributed by atoms with Gasteiger partial charge in [0.1, 0.15) is 5.75 Å². The van der Waals surface area contributed by atoms with Gasteiger partial charge in [-0.25, -0.2) is 0 Å². The number of aliphatic hydroxyl groups is 1. The lowest BCUT2D eigenvalue weighted by molar-refractivity contribution is 0.0960. The number of hydrogen-bond acceptors (Lipinski definition) is 3. The molecule has 2 rings (SSSR count). The van der Waals surface area contributed by atoms with E-state index in [-0.39, 0.29) is 0 Å². The third-order valence-corrected chi connectivity index (χ3v) is 3.70. The van der Waals surface area contributed by atoms with E-state index in [1.54, 1.807) is 19.5 Å². The highest BCUT2D eigenvalue weighted by Crippen LogP contribution is 2.36. The summed E-state index contributed by atoms with van der Waals surface area (Å²) in [6, 6.07) is 1.87. The second kappa shape index (κ2) is 6.01. The molecule has 1 aliphatic rings. The Hall–Kier alpha value is -1.09. The van der Waals surface area contributed by atoms with Crippen molar-refractivity contribution in [3.05, 3.63) is 24.0 Å². The van der Waals surface area contributed by atoms with Crippen molar-refractivity contribution in [3.63, 3.8) is 0 Å². The minimum atomic E-state index is -0.411. The van der Waals surface area contributed by atoms with E-state index in [1.807, 2.05) is 6.07 Å². The van der Waals surface area contributed by atoms with Crippen molar-refractivity contribution in [1.29, 1.82) is 0 Å². The predicted molar refractivity (Wildman–Crippen MR) is 66.9 cm³/mol. The Morgan fingerprint density at radius 1 is 1.29 bits per heavy atom. The monoisotopic (exact) mass is 235 g/mol. The topological polar surface area (TPSA) is 42.4 Å². The van der Waals surface area contributed by atoms with Crippen molar-refractivity contribution in [3.8, 4) is 5.75 Å². The first-order valence-electron chi connectivity index (χ1n) is 6.49. The zero-order chi connectivity index (χ0) is 12.1. The highest BCUT2D eigenvalue weighted by molar-refractivity contribution is 5.32. The van der Waals surface area contributed by atoms with Crippen molar-refractivity contribution in [2.75, 3.05) is 7.11 Å². The molecule has 0 radical (unpaired) electrons. The van der Waals surface area contributed by atoms with Crippen LogP contribution in [-0.2, 0) is 0 Å². The molecule has 3 heteroatoms. The largest absolute Gasteiger partial charge is 0.495 e. The highest BCUT2D eigenvalue weighted by atomic mass is 16.5. The number of rotatable bonds is 3. The molecular weight excluding hydrogens is 214 g/mol. The summed E-state index contributed by atoms with van der Waals surface area (Å²) in [6.07, 6.45) is 10.3. The number of nitrogens with zero attached hydrogens (tertiary/aromatic N) is 1. The van der Waals surface area contributed by atoms with Gasteiger partial charge in [0.2, 0.25) is 0 Å². The molecule has 0 aromatic carbocycles. The van der Waals surface area contributed by atoms with Crippen LogP contribution in [0, 0.1) is 5.92 Å². The minimum Gasteiger partial charge on any atom is -0.495 e. The number of aromatic nitrogens is 1. The Kier molecular flexibility index (Phi) is 4.37. The quantitative estimate of drug-likeness (QED) is 0.819. The lowest BCUT2D eigenvalue weighted by Crippen LogP contribution is -2.13. The lowest BCUT2D eigenvalue weighted by Gasteiger charge is -2.22. The van der Waals surface area contributed by atoms with Crippen molar-refractivity contribution in [2.45, 2.75) is 44.6 Å². The standard InChI is InChI=1S/C14H21NO2/c1-17-13-10-15-9-8-12(13)14(16)11-6-4-2-3-5-7-11/h8-11,14,16H,2-7H2,1H3. The summed E-state index contributed by atoms with van der Waals surface area (Å²) >= 11 is 0. The Morgan fingerprint density at radius 2 is 2.00 bits per heavy atom. The molecule has 1 heterocycles. The third-order valence-electron chi connectivity index (χ3n) is 3.70. The first-order chi connectivity index (χ1) is 8.33. The SMILES string of the molecule is COc1cnccc1C(O)C1CCCCCC1. The van der Waals surface area contributed by atoms with Crippen LogP contribution in [0.1, 0.15) is 50.2 Å². The molecule has 1 fully saturated rings. The Balaban J connectivity index is 2.14. The summed E-state index contributed by atoms with van der Waals surface area (Å²) < 4.78 is 5.27. The normalized spacial score (nSPS) is 19.6. The highest BCUT2D eigenvalue weighted by Gasteiger charge is 2.24. The molecule has 0 saturated heterocycles. The molecule has 3 nitrogen and oxygen atoms in total. The van der Waals surface area contributed by atoms with Gasteiger partial charge >= 0.3 is 0 Å². The molecule has 1 saturated carbocycles. The molecule has 0 amide bonds. The Morgan fingerprint density at radius 3 is 2.65 bits per heavy atom. The van der Waals surface area contributed by atoms with E-state index in [9.17, 15) is 5.11 Å². The van der Waals surface area contributed by atoms with E-state index < -0.39 is 6.10 Å². The summed E-state index contributed by atoms with van der Waals surface area (Å²) in [5.74, 6) is 1.07. The zero-order valence-electron chi connectivity index (χ0n) is 10.4. The van der Waals surface area contributed by atoms with Crippen LogP contribution >= 0.6 is 0 Å². The molecule has 1 aromatic heterocycles. The summed E-state index contributed by atoms with van der Waals surface area (Å²) in [7, 11) is 1.63. The fraction of sp³-hybridized carbons (Fsp3) is 0.643. The van der Waals surface area contributed by atoms with Gasteiger partial charge in [-0.05, 0) is 24.8 Å². The van der Waals surface area contributed by atoms with Gasteiger partial charge in [-0.2, -0.15) is 0 Å². The van der Waals surface area contributed by atoms with Crippen molar-refractivity contribution >= 4 is 0 Å². The van der Waals surface area contributed by atoms with Gasteiger partial charge in [-0.15, -0.1) is 0 Å². The van der Waals surface area contributed by atoms with Crippen LogP contribution in [0.25, 0.3) is 0 Å². The fourth-order valence-corrected chi connectivity index (χ4v) is 2.69. The van der Waals surface area contributed by atoms with Gasteiger partial charge in [0.25, 0.3) is 0 Å². The van der Waals surface area contributed by atoms with Gasteiger partial charge in [-0.1, -0.05) is 25.7 Å². The van der Waals surface area contributed by atoms with Crippen LogP contribution in [0.5, 0.6) is 5.75 Å². The van der Waals surface area contributed by atoms with Crippen LogP contribution in [0.4, 0.5) is 0 Å². The fourth-order valence-electron chi connectivity index (χ4n) is 2.69. The van der Waals surface area contributed by atoms with E-state index >= 15 is 0 Å². The van der Waals surface area contributed by atoms with Crippen LogP contribution in [0.15, 0.2) is 18.5 Å². The summed E-state index contributed by atoms with van der Waals surface area (Å²) in [4.78, 5) is 4.03. The second-order valence-corrected chi connectivity index (χ2v) is 4.81. The van der Waals surface area contributed by atoms with Crippen LogP contribution < -0.4 is 4.74 Å². The van der Waals surface area contributed by atoms with Gasteiger partial charge in [0.15, 0.2) is 0 Å². The van der Waals surface area contributed by atoms with Crippen LogP contribution in [0.3, 0.4) is 0 Å². The molecule has 17 heavy (non-hydrogen) atoms. The maximum absolute atomic E-state index is 10.5. The van der Waals surface area contributed by atoms with Gasteiger partial charge in [-0.3, -0.25) is 4.98 Å². The smallest absolute Gasteiger partial charge is 0.142 e. The average molecular weight is 235 g/mol. The number of aliphatic hydroxyl groups excluding tert-OH is 1. The number of hydrogen-bond donors (Lipinski definition) is 1. The molecular formula is C14H21NO2. The molecule has 1 N–H and O–H groups in total. The molecule has 1 unspecified atom stereocenters. The summed E-state index contributed by atoms with van der Waals surface area (Å²) in [5.41, 5.74) is 0.884. The molecule has 1 atom stereocenters. The van der Waals surface area contributed by atoms with E-state index in [1.165, 1.54) is 25.7 Å². The molecule has 1 aromatic rings. The van der Waals surface area contributed by atoms with Gasteiger partial charge in [0.05, 0.1) is 19.4 Å². The molecule has 1 aliphatic carbocycles. The molecule has 94 valence electrons. The van der Waals surface area contributed by atoms with E-state index in [0.29, 0.717) is 11.7 Å². The van der Waals surface area contributed by atoms with Crippen molar-refractivity contribution < 1.29 is 9.84 Å². The van der Waals surface area contributed by atoms with Crippen LogP contribution in [-0.4, -0.2) is 17.2 Å². The predicted octanol–water partition coefficient (Wildman–Crippen LogP) is 3.09. The van der Waals surface area contributed by atoms with Crippen molar-refractivity contribution in [2.24, 2.45) is 5.92 Å². The first kappa shape index (κ1) is 12.4. The Bertz CT molecular complexity index is 346. The maximum Gasteiger partial charge on any atom is 0.142 e. The molecule has 0 spiro atoms. The number of ether oxygens (including phenoxy) is 1. The lowest BCUT2D eigenvalue weighted by atomic mass is 9.89. The summed E-state index contributed by atoms with van der Waals surface area (Å²) in [5, 5.41) is 10.5. The van der Waals surface area contributed by atoms with E-state index in [2.05, 4.69) is 4.98 Å². The molecule has 0 aliphatic heterocycles. The van der Waals surface area contributed by atoms with Crippen LogP contribution in [0.2, 0.25) is 0 Å². The number of methoxy groups -OCH3 is 1. The van der Waals surface area contributed by atoms with Crippen molar-refractivity contribution in [1.82, 2.24) is 4.98 Å². The molecule has 0 bridgehead atoms. The summed E-state index contributed by atoms with van der Waals surface area (Å²) in [6.45, 7) is 0. The second-order valence-electron chi connectivity index (χ2n) is 4.81. The third kappa shape index (κ3) is 2.97. The maximum atomic E-state index is 10.5. The first-order valence-corrected chi connectivity index (χ1v) is 6.49. The van der Waals surface area contributed by atoms with Gasteiger partial charge in [0, 0.05) is 11.8 Å². The average Bonchev–Trinajstić information content (AvgIpc) is 2.66. The zero-order valence-corrected chi connectivity index (χ0v) is 10.4. The van der Waals surface area contributed by atoms with E-state index in [0.717, 1.165) is 18.4 Å². The minimum absolute atomic E-state index is 0.369. The van der Waals surface area contributed by atoms with E-state index in [4.69, 9.17) is 4.74 Å².